The Labute approximate surface area is 126 Å². The largest absolute Gasteiger partial charge is 0.429 e. The molecule has 0 atom stereocenters. The average molecular weight is 350 g/mol. The molecule has 0 amide bonds. The van der Waals surface area contributed by atoms with Crippen LogP contribution in [0.15, 0.2) is 28.1 Å². The Kier molecular flexibility index (Phi) is 5.98. The Morgan fingerprint density at radius 3 is 2.29 bits per heavy atom. The van der Waals surface area contributed by atoms with Crippen LogP contribution in [-0.2, 0) is 0 Å². The second kappa shape index (κ2) is 6.91. The quantitative estimate of drug-likeness (QED) is 0.367. The number of nitrogens with zero attached hydrogens (tertiary/aromatic N) is 1. The highest BCUT2D eigenvalue weighted by Crippen LogP contribution is 2.35. The molecule has 9 heteroatoms. The lowest BCUT2D eigenvalue weighted by atomic mass is 10.2. The highest BCUT2D eigenvalue weighted by Gasteiger charge is 2.34. The second-order valence-electron chi connectivity index (χ2n) is 3.93. The number of aliphatic imine (C=N–C) groups is 1. The molecule has 1 rings (SSSR count). The van der Waals surface area contributed by atoms with E-state index >= 15 is 0 Å². The smallest absolute Gasteiger partial charge is 0.248 e. The fraction of sp³-hybridized carbons (Fsp3) is 0.417. The maximum atomic E-state index is 12.6. The van der Waals surface area contributed by atoms with Crippen molar-refractivity contribution in [1.29, 1.82) is 0 Å². The van der Waals surface area contributed by atoms with Gasteiger partial charge in [-0.2, -0.15) is 26.3 Å². The van der Waals surface area contributed by atoms with E-state index in [1.165, 1.54) is 19.1 Å². The number of rotatable bonds is 4. The van der Waals surface area contributed by atoms with Gasteiger partial charge in [0.15, 0.2) is 0 Å². The maximum Gasteiger partial charge on any atom is 0.429 e. The third-order valence-electron chi connectivity index (χ3n) is 2.23. The minimum atomic E-state index is -4.58. The van der Waals surface area contributed by atoms with E-state index in [0.717, 1.165) is 6.07 Å². The van der Waals surface area contributed by atoms with Gasteiger partial charge in [0.2, 0.25) is 0 Å². The van der Waals surface area contributed by atoms with Gasteiger partial charge in [-0.1, -0.05) is 18.5 Å². The van der Waals surface area contributed by atoms with Gasteiger partial charge < -0.3 is 0 Å². The molecule has 118 valence electrons. The van der Waals surface area contributed by atoms with E-state index in [9.17, 15) is 26.3 Å². The Morgan fingerprint density at radius 1 is 1.19 bits per heavy atom. The molecule has 0 spiro atoms. The molecule has 0 fully saturated rings. The molecule has 0 aliphatic carbocycles. The maximum absolute atomic E-state index is 12.6. The third-order valence-corrected chi connectivity index (χ3v) is 3.79. The molecule has 0 radical (unpaired) electrons. The van der Waals surface area contributed by atoms with Crippen molar-refractivity contribution in [3.63, 3.8) is 0 Å². The van der Waals surface area contributed by atoms with Gasteiger partial charge in [-0.15, -0.1) is 11.8 Å². The fourth-order valence-electron chi connectivity index (χ4n) is 1.33. The highest BCUT2D eigenvalue weighted by atomic mass is 35.5. The number of alkyl halides is 6. The zero-order valence-electron chi connectivity index (χ0n) is 10.6. The minimum Gasteiger partial charge on any atom is -0.248 e. The summed E-state index contributed by atoms with van der Waals surface area (Å²) in [5, 5.41) is 0.0354. The summed E-state index contributed by atoms with van der Waals surface area (Å²) in [6.07, 6.45) is -9.31. The molecule has 0 aliphatic rings. The summed E-state index contributed by atoms with van der Waals surface area (Å²) < 4.78 is 74.2. The molecule has 1 aromatic carbocycles. The molecule has 1 nitrogen and oxygen atoms in total. The molecule has 0 aliphatic heterocycles. The van der Waals surface area contributed by atoms with E-state index in [0.29, 0.717) is 11.8 Å². The second-order valence-corrected chi connectivity index (χ2v) is 5.35. The van der Waals surface area contributed by atoms with Gasteiger partial charge in [-0.25, -0.2) is 4.99 Å². The van der Waals surface area contributed by atoms with Gasteiger partial charge in [0.05, 0.1) is 16.5 Å². The van der Waals surface area contributed by atoms with Crippen LogP contribution >= 0.6 is 23.4 Å². The molecule has 0 saturated carbocycles. The van der Waals surface area contributed by atoms with Gasteiger partial charge in [-0.3, -0.25) is 0 Å². The first-order chi connectivity index (χ1) is 9.53. The van der Waals surface area contributed by atoms with Crippen LogP contribution in [0.2, 0.25) is 5.02 Å². The normalized spacial score (nSPS) is 13.6. The molecule has 1 aromatic rings. The van der Waals surface area contributed by atoms with Crippen molar-refractivity contribution in [2.45, 2.75) is 30.6 Å². The van der Waals surface area contributed by atoms with E-state index < -0.39 is 23.8 Å². The molecular weight excluding hydrogens is 340 g/mol. The number of hydrogen-bond donors (Lipinski definition) is 0. The van der Waals surface area contributed by atoms with Crippen molar-refractivity contribution in [3.8, 4) is 0 Å². The van der Waals surface area contributed by atoms with Crippen molar-refractivity contribution in [2.75, 3.05) is 5.75 Å². The number of thioether (sulfide) groups is 1. The summed E-state index contributed by atoms with van der Waals surface area (Å²) in [5.74, 6) is -1.18. The summed E-state index contributed by atoms with van der Waals surface area (Å²) >= 11 is 6.13. The van der Waals surface area contributed by atoms with Crippen LogP contribution in [0.5, 0.6) is 0 Å². The average Bonchev–Trinajstić information content (AvgIpc) is 2.33. The van der Waals surface area contributed by atoms with E-state index in [1.54, 1.807) is 0 Å². The van der Waals surface area contributed by atoms with Crippen LogP contribution < -0.4 is 0 Å². The van der Waals surface area contributed by atoms with Gasteiger partial charge in [0.25, 0.3) is 0 Å². The predicted octanol–water partition coefficient (Wildman–Crippen LogP) is 6.04. The van der Waals surface area contributed by atoms with Crippen LogP contribution in [0.25, 0.3) is 0 Å². The summed E-state index contributed by atoms with van der Waals surface area (Å²) in [5.41, 5.74) is -1.09. The van der Waals surface area contributed by atoms with Crippen molar-refractivity contribution in [1.82, 2.24) is 0 Å². The van der Waals surface area contributed by atoms with E-state index in [4.69, 9.17) is 11.6 Å². The Balaban J connectivity index is 3.04. The molecule has 0 saturated heterocycles. The van der Waals surface area contributed by atoms with Crippen molar-refractivity contribution in [2.24, 2.45) is 4.99 Å². The highest BCUT2D eigenvalue weighted by molar-refractivity contribution is 7.99. The molecule has 0 bridgehead atoms. The monoisotopic (exact) mass is 349 g/mol. The van der Waals surface area contributed by atoms with Crippen LogP contribution in [0.1, 0.15) is 13.3 Å². The summed E-state index contributed by atoms with van der Waals surface area (Å²) in [4.78, 5) is 3.47. The van der Waals surface area contributed by atoms with E-state index in [1.807, 2.05) is 0 Å². The Morgan fingerprint density at radius 2 is 1.81 bits per heavy atom. The van der Waals surface area contributed by atoms with E-state index in [2.05, 4.69) is 4.99 Å². The Hall–Kier alpha value is -0.890. The van der Waals surface area contributed by atoms with Gasteiger partial charge in [0.1, 0.15) is 5.71 Å². The lowest BCUT2D eigenvalue weighted by Crippen LogP contribution is -2.21. The molecule has 0 N–H and O–H groups in total. The lowest BCUT2D eigenvalue weighted by Gasteiger charge is -2.10. The third kappa shape index (κ3) is 6.17. The SMILES string of the molecule is CCC(=Nc1ccc(Cl)c(SCC(F)(F)F)c1)C(F)(F)F. The first-order valence-corrected chi connectivity index (χ1v) is 7.03. The number of hydrogen-bond acceptors (Lipinski definition) is 2. The van der Waals surface area contributed by atoms with Crippen LogP contribution in [0.4, 0.5) is 32.0 Å². The zero-order valence-corrected chi connectivity index (χ0v) is 12.2. The predicted molar refractivity (Wildman–Crippen MR) is 71.7 cm³/mol. The fourth-order valence-corrected chi connectivity index (χ4v) is 2.34. The molecule has 0 aromatic heterocycles. The molecule has 0 unspecified atom stereocenters. The molecule has 0 heterocycles. The van der Waals surface area contributed by atoms with Crippen molar-refractivity contribution < 1.29 is 26.3 Å². The summed E-state index contributed by atoms with van der Waals surface area (Å²) in [6, 6.07) is 3.56. The first kappa shape index (κ1) is 18.2. The van der Waals surface area contributed by atoms with E-state index in [-0.39, 0.29) is 22.0 Å². The number of benzene rings is 1. The van der Waals surface area contributed by atoms with Gasteiger partial charge in [0, 0.05) is 4.90 Å². The topological polar surface area (TPSA) is 12.4 Å². The van der Waals surface area contributed by atoms with Crippen LogP contribution in [-0.4, -0.2) is 23.8 Å². The molecule has 21 heavy (non-hydrogen) atoms. The van der Waals surface area contributed by atoms with Crippen LogP contribution in [0.3, 0.4) is 0 Å². The van der Waals surface area contributed by atoms with Gasteiger partial charge in [-0.05, 0) is 24.6 Å². The summed E-state index contributed by atoms with van der Waals surface area (Å²) in [6.45, 7) is 1.29. The number of halogens is 7. The van der Waals surface area contributed by atoms with Gasteiger partial charge >= 0.3 is 12.4 Å². The van der Waals surface area contributed by atoms with Crippen molar-refractivity contribution in [3.05, 3.63) is 23.2 Å². The molecular formula is C12H10ClF6NS. The minimum absolute atomic E-state index is 0.0351. The van der Waals surface area contributed by atoms with Crippen molar-refractivity contribution >= 4 is 34.8 Å². The van der Waals surface area contributed by atoms with Crippen LogP contribution in [0, 0.1) is 0 Å². The Bertz CT molecular complexity index is 523. The standard InChI is InChI=1S/C12H10ClF6NS/c1-2-10(12(17,18)19)20-7-3-4-8(13)9(5-7)21-6-11(14,15)16/h3-5H,2,6H2,1H3. The zero-order chi connectivity index (χ0) is 16.3. The first-order valence-electron chi connectivity index (χ1n) is 5.67. The summed E-state index contributed by atoms with van der Waals surface area (Å²) in [7, 11) is 0. The lowest BCUT2D eigenvalue weighted by molar-refractivity contribution is -0.105.